The van der Waals surface area contributed by atoms with Crippen molar-refractivity contribution in [2.24, 2.45) is 5.73 Å². The van der Waals surface area contributed by atoms with E-state index in [0.29, 0.717) is 4.90 Å². The van der Waals surface area contributed by atoms with Crippen molar-refractivity contribution in [1.82, 2.24) is 0 Å². The van der Waals surface area contributed by atoms with Crippen molar-refractivity contribution in [3.05, 3.63) is 29.3 Å². The van der Waals surface area contributed by atoms with E-state index in [1.54, 1.807) is 6.07 Å². The number of hydrogen-bond acceptors (Lipinski definition) is 2. The summed E-state index contributed by atoms with van der Waals surface area (Å²) < 4.78 is 38.2. The molecule has 0 fully saturated rings. The second-order valence-corrected chi connectivity index (χ2v) is 6.64. The van der Waals surface area contributed by atoms with Crippen molar-refractivity contribution in [1.29, 1.82) is 0 Å². The maximum absolute atomic E-state index is 12.8. The van der Waals surface area contributed by atoms with Crippen LogP contribution in [0.1, 0.15) is 31.9 Å². The summed E-state index contributed by atoms with van der Waals surface area (Å²) in [5.41, 5.74) is 4.82. The average Bonchev–Trinajstić information content (AvgIpc) is 2.13. The summed E-state index contributed by atoms with van der Waals surface area (Å²) in [7, 11) is 0. The first kappa shape index (κ1) is 14.4. The molecule has 0 aliphatic heterocycles. The van der Waals surface area contributed by atoms with Gasteiger partial charge in [-0.3, -0.25) is 0 Å². The molecule has 0 aliphatic carbocycles. The number of thioether (sulfide) groups is 1. The fraction of sp³-hybridized carbons (Fsp3) is 0.500. The van der Waals surface area contributed by atoms with Gasteiger partial charge in [0.15, 0.2) is 0 Å². The molecule has 0 atom stereocenters. The van der Waals surface area contributed by atoms with Crippen molar-refractivity contribution >= 4 is 11.8 Å². The molecule has 2 N–H and O–H groups in total. The van der Waals surface area contributed by atoms with Crippen LogP contribution < -0.4 is 5.73 Å². The molecular weight excluding hydrogens is 247 g/mol. The summed E-state index contributed by atoms with van der Waals surface area (Å²) in [5, 5.41) is 0. The second-order valence-electron chi connectivity index (χ2n) is 4.74. The van der Waals surface area contributed by atoms with Gasteiger partial charge in [-0.25, -0.2) is 0 Å². The molecule has 1 rings (SSSR count). The van der Waals surface area contributed by atoms with Gasteiger partial charge in [-0.15, -0.1) is 11.8 Å². The quantitative estimate of drug-likeness (QED) is 0.814. The predicted molar refractivity (Wildman–Crippen MR) is 64.9 cm³/mol. The minimum atomic E-state index is -4.34. The van der Waals surface area contributed by atoms with Crippen molar-refractivity contribution in [3.63, 3.8) is 0 Å². The van der Waals surface area contributed by atoms with E-state index < -0.39 is 11.7 Å². The van der Waals surface area contributed by atoms with E-state index >= 15 is 0 Å². The summed E-state index contributed by atoms with van der Waals surface area (Å²) in [6.07, 6.45) is -4.34. The van der Waals surface area contributed by atoms with Crippen LogP contribution in [0.4, 0.5) is 13.2 Å². The summed E-state index contributed by atoms with van der Waals surface area (Å²) in [5.74, 6) is 0. The Morgan fingerprint density at radius 1 is 1.18 bits per heavy atom. The van der Waals surface area contributed by atoms with Gasteiger partial charge in [0.05, 0.1) is 5.56 Å². The lowest BCUT2D eigenvalue weighted by Gasteiger charge is -2.19. The summed E-state index contributed by atoms with van der Waals surface area (Å²) in [4.78, 5) is 0.613. The third kappa shape index (κ3) is 4.24. The molecule has 0 saturated carbocycles. The Balaban J connectivity index is 3.14. The largest absolute Gasteiger partial charge is 0.416 e. The molecule has 0 saturated heterocycles. The van der Waals surface area contributed by atoms with Crippen molar-refractivity contribution in [3.8, 4) is 0 Å². The second kappa shape index (κ2) is 4.90. The zero-order valence-electron chi connectivity index (χ0n) is 10.1. The van der Waals surface area contributed by atoms with E-state index in [1.807, 2.05) is 20.8 Å². The first-order chi connectivity index (χ1) is 7.63. The van der Waals surface area contributed by atoms with Crippen molar-refractivity contribution in [2.75, 3.05) is 0 Å². The molecule has 17 heavy (non-hydrogen) atoms. The van der Waals surface area contributed by atoms with E-state index in [2.05, 4.69) is 0 Å². The van der Waals surface area contributed by atoms with Crippen LogP contribution in [0, 0.1) is 0 Å². The monoisotopic (exact) mass is 263 g/mol. The minimum Gasteiger partial charge on any atom is -0.326 e. The molecular formula is C12H16F3NS. The molecule has 1 nitrogen and oxygen atoms in total. The number of nitrogens with two attached hydrogens (primary N) is 1. The highest BCUT2D eigenvalue weighted by Gasteiger charge is 2.33. The summed E-state index contributed by atoms with van der Waals surface area (Å²) in [6, 6.07) is 4.32. The molecule has 5 heteroatoms. The van der Waals surface area contributed by atoms with E-state index in [0.717, 1.165) is 0 Å². The van der Waals surface area contributed by atoms with Crippen LogP contribution in [-0.4, -0.2) is 4.75 Å². The maximum Gasteiger partial charge on any atom is 0.416 e. The molecule has 0 unspecified atom stereocenters. The average molecular weight is 263 g/mol. The number of alkyl halides is 3. The number of halogens is 3. The van der Waals surface area contributed by atoms with Gasteiger partial charge in [0.25, 0.3) is 0 Å². The van der Waals surface area contributed by atoms with Crippen molar-refractivity contribution in [2.45, 2.75) is 43.1 Å². The Morgan fingerprint density at radius 2 is 1.76 bits per heavy atom. The van der Waals surface area contributed by atoms with Gasteiger partial charge in [-0.05, 0) is 17.7 Å². The fourth-order valence-corrected chi connectivity index (χ4v) is 2.43. The molecule has 0 aliphatic rings. The summed E-state index contributed by atoms with van der Waals surface area (Å²) in [6.45, 7) is 5.78. The number of benzene rings is 1. The molecule has 0 heterocycles. The SMILES string of the molecule is CC(C)(C)Sc1ccc(CN)c(C(F)(F)F)c1. The molecule has 96 valence electrons. The van der Waals surface area contributed by atoms with Gasteiger partial charge in [0.2, 0.25) is 0 Å². The van der Waals surface area contributed by atoms with Crippen LogP contribution in [0.2, 0.25) is 0 Å². The van der Waals surface area contributed by atoms with Crippen LogP contribution in [-0.2, 0) is 12.7 Å². The van der Waals surface area contributed by atoms with Crippen LogP contribution in [0.3, 0.4) is 0 Å². The lowest BCUT2D eigenvalue weighted by molar-refractivity contribution is -0.138. The number of hydrogen-bond donors (Lipinski definition) is 1. The third-order valence-corrected chi connectivity index (χ3v) is 3.13. The van der Waals surface area contributed by atoms with Crippen LogP contribution >= 0.6 is 11.8 Å². The Morgan fingerprint density at radius 3 is 2.18 bits per heavy atom. The van der Waals surface area contributed by atoms with Crippen LogP contribution in [0.5, 0.6) is 0 Å². The normalized spacial score (nSPS) is 12.9. The molecule has 1 aromatic carbocycles. The first-order valence-corrected chi connectivity index (χ1v) is 6.04. The zero-order chi connectivity index (χ0) is 13.3. The highest BCUT2D eigenvalue weighted by Crippen LogP contribution is 2.38. The molecule has 0 bridgehead atoms. The fourth-order valence-electron chi connectivity index (χ4n) is 1.41. The Kier molecular flexibility index (Phi) is 4.15. The van der Waals surface area contributed by atoms with Crippen LogP contribution in [0.15, 0.2) is 23.1 Å². The highest BCUT2D eigenvalue weighted by atomic mass is 32.2. The minimum absolute atomic E-state index is 0.102. The standard InChI is InChI=1S/C12H16F3NS/c1-11(2,3)17-9-5-4-8(7-16)10(6-9)12(13,14)15/h4-6H,7,16H2,1-3H3. The van der Waals surface area contributed by atoms with Crippen LogP contribution in [0.25, 0.3) is 0 Å². The maximum atomic E-state index is 12.8. The van der Waals surface area contributed by atoms with Gasteiger partial charge < -0.3 is 5.73 Å². The first-order valence-electron chi connectivity index (χ1n) is 5.23. The lowest BCUT2D eigenvalue weighted by Crippen LogP contribution is -2.13. The molecule has 0 radical (unpaired) electrons. The Bertz CT molecular complexity index is 394. The lowest BCUT2D eigenvalue weighted by atomic mass is 10.1. The van der Waals surface area contributed by atoms with Gasteiger partial charge in [-0.2, -0.15) is 13.2 Å². The van der Waals surface area contributed by atoms with Gasteiger partial charge in [-0.1, -0.05) is 26.8 Å². The molecule has 0 amide bonds. The van der Waals surface area contributed by atoms with Gasteiger partial charge >= 0.3 is 6.18 Å². The van der Waals surface area contributed by atoms with E-state index in [9.17, 15) is 13.2 Å². The van der Waals surface area contributed by atoms with Gasteiger partial charge in [0.1, 0.15) is 0 Å². The number of rotatable bonds is 2. The highest BCUT2D eigenvalue weighted by molar-refractivity contribution is 8.00. The van der Waals surface area contributed by atoms with E-state index in [1.165, 1.54) is 23.9 Å². The predicted octanol–water partition coefficient (Wildman–Crippen LogP) is 4.05. The van der Waals surface area contributed by atoms with Crippen molar-refractivity contribution < 1.29 is 13.2 Å². The smallest absolute Gasteiger partial charge is 0.326 e. The zero-order valence-corrected chi connectivity index (χ0v) is 10.9. The van der Waals surface area contributed by atoms with Gasteiger partial charge in [0, 0.05) is 16.2 Å². The van der Waals surface area contributed by atoms with E-state index in [4.69, 9.17) is 5.73 Å². The molecule has 1 aromatic rings. The summed E-state index contributed by atoms with van der Waals surface area (Å²) >= 11 is 1.41. The Labute approximate surface area is 104 Å². The topological polar surface area (TPSA) is 26.0 Å². The molecule has 0 spiro atoms. The third-order valence-electron chi connectivity index (χ3n) is 2.03. The molecule has 0 aromatic heterocycles. The Hall–Kier alpha value is -0.680. The van der Waals surface area contributed by atoms with E-state index in [-0.39, 0.29) is 16.9 Å².